The highest BCUT2D eigenvalue weighted by Crippen LogP contribution is 2.48. The Balaban J connectivity index is 1.61. The number of rotatable bonds is 4. The normalized spacial score (nSPS) is 20.2. The topological polar surface area (TPSA) is 66.5 Å². The smallest absolute Gasteiger partial charge is 0.277 e. The van der Waals surface area contributed by atoms with Crippen LogP contribution in [-0.4, -0.2) is 29.3 Å². The molecule has 4 amide bonds. The van der Waals surface area contributed by atoms with Crippen molar-refractivity contribution in [2.75, 3.05) is 6.54 Å². The summed E-state index contributed by atoms with van der Waals surface area (Å²) in [4.78, 5) is 36.8. The fourth-order valence-corrected chi connectivity index (χ4v) is 2.59. The zero-order valence-corrected chi connectivity index (χ0v) is 11.1. The maximum Gasteiger partial charge on any atom is 0.330 e. The van der Waals surface area contributed by atoms with Crippen LogP contribution in [-0.2, 0) is 16.0 Å². The SMILES string of the molecule is O=C1NC(=O)C2(CC2)C(=O)N1CCCc1ccccc1. The Labute approximate surface area is 116 Å². The van der Waals surface area contributed by atoms with Crippen LogP contribution in [0.3, 0.4) is 0 Å². The van der Waals surface area contributed by atoms with E-state index in [4.69, 9.17) is 0 Å². The molecule has 5 nitrogen and oxygen atoms in total. The number of hydrogen-bond donors (Lipinski definition) is 1. The van der Waals surface area contributed by atoms with Gasteiger partial charge in [-0.3, -0.25) is 19.8 Å². The Morgan fingerprint density at radius 3 is 2.45 bits per heavy atom. The van der Waals surface area contributed by atoms with Crippen LogP contribution < -0.4 is 5.32 Å². The molecule has 3 rings (SSSR count). The van der Waals surface area contributed by atoms with Crippen molar-refractivity contribution in [1.82, 2.24) is 10.2 Å². The minimum Gasteiger partial charge on any atom is -0.277 e. The van der Waals surface area contributed by atoms with Gasteiger partial charge in [-0.25, -0.2) is 4.79 Å². The predicted molar refractivity (Wildman–Crippen MR) is 71.7 cm³/mol. The summed E-state index contributed by atoms with van der Waals surface area (Å²) in [5.41, 5.74) is 0.246. The van der Waals surface area contributed by atoms with Crippen molar-refractivity contribution >= 4 is 17.8 Å². The highest BCUT2D eigenvalue weighted by molar-refractivity contribution is 6.20. The number of carbonyl (C=O) groups excluding carboxylic acids is 3. The first kappa shape index (κ1) is 12.8. The minimum absolute atomic E-state index is 0.320. The molecule has 5 heteroatoms. The molecule has 1 heterocycles. The minimum atomic E-state index is -0.930. The Morgan fingerprint density at radius 2 is 1.80 bits per heavy atom. The van der Waals surface area contributed by atoms with Crippen LogP contribution >= 0.6 is 0 Å². The van der Waals surface area contributed by atoms with Gasteiger partial charge in [-0.2, -0.15) is 0 Å². The highest BCUT2D eigenvalue weighted by Gasteiger charge is 2.61. The van der Waals surface area contributed by atoms with Gasteiger partial charge in [0, 0.05) is 6.54 Å². The van der Waals surface area contributed by atoms with Crippen LogP contribution in [0, 0.1) is 5.41 Å². The third-order valence-electron chi connectivity index (χ3n) is 3.99. The lowest BCUT2D eigenvalue weighted by Crippen LogP contribution is -2.59. The van der Waals surface area contributed by atoms with Gasteiger partial charge >= 0.3 is 6.03 Å². The summed E-state index contributed by atoms with van der Waals surface area (Å²) in [6.45, 7) is 0.356. The van der Waals surface area contributed by atoms with Gasteiger partial charge in [0.1, 0.15) is 5.41 Å². The zero-order valence-electron chi connectivity index (χ0n) is 11.1. The van der Waals surface area contributed by atoms with Crippen LogP contribution in [0.25, 0.3) is 0 Å². The maximum atomic E-state index is 12.2. The van der Waals surface area contributed by atoms with Crippen molar-refractivity contribution in [3.63, 3.8) is 0 Å². The molecule has 1 spiro atoms. The number of nitrogens with one attached hydrogen (secondary N) is 1. The summed E-state index contributed by atoms with van der Waals surface area (Å²) in [5.74, 6) is -0.744. The third-order valence-corrected chi connectivity index (χ3v) is 3.99. The predicted octanol–water partition coefficient (Wildman–Crippen LogP) is 1.48. The maximum absolute atomic E-state index is 12.2. The molecular weight excluding hydrogens is 256 g/mol. The second-order valence-electron chi connectivity index (χ2n) is 5.39. The Hall–Kier alpha value is -2.17. The first-order valence-electron chi connectivity index (χ1n) is 6.85. The molecule has 2 aliphatic rings. The average molecular weight is 272 g/mol. The molecule has 1 aromatic carbocycles. The van der Waals surface area contributed by atoms with Crippen LogP contribution in [0.4, 0.5) is 4.79 Å². The first-order valence-corrected chi connectivity index (χ1v) is 6.85. The highest BCUT2D eigenvalue weighted by atomic mass is 16.2. The van der Waals surface area contributed by atoms with Gasteiger partial charge in [-0.1, -0.05) is 30.3 Å². The lowest BCUT2D eigenvalue weighted by atomic mass is 10.0. The van der Waals surface area contributed by atoms with E-state index in [9.17, 15) is 14.4 Å². The molecule has 0 bridgehead atoms. The van der Waals surface area contributed by atoms with Crippen molar-refractivity contribution in [2.24, 2.45) is 5.41 Å². The van der Waals surface area contributed by atoms with E-state index >= 15 is 0 Å². The van der Waals surface area contributed by atoms with Crippen molar-refractivity contribution < 1.29 is 14.4 Å². The Morgan fingerprint density at radius 1 is 1.10 bits per heavy atom. The molecule has 1 aliphatic carbocycles. The van der Waals surface area contributed by atoms with Gasteiger partial charge < -0.3 is 0 Å². The van der Waals surface area contributed by atoms with E-state index in [2.05, 4.69) is 5.32 Å². The van der Waals surface area contributed by atoms with Crippen molar-refractivity contribution in [3.8, 4) is 0 Å². The second kappa shape index (κ2) is 4.74. The van der Waals surface area contributed by atoms with Gasteiger partial charge in [0.25, 0.3) is 0 Å². The molecule has 2 fully saturated rings. The van der Waals surface area contributed by atoms with E-state index < -0.39 is 17.4 Å². The van der Waals surface area contributed by atoms with E-state index in [1.54, 1.807) is 0 Å². The molecule has 1 N–H and O–H groups in total. The number of carbonyl (C=O) groups is 3. The number of hydrogen-bond acceptors (Lipinski definition) is 3. The standard InChI is InChI=1S/C15H16N2O3/c18-12-15(8-9-15)13(19)17(14(20)16-12)10-4-7-11-5-2-1-3-6-11/h1-3,5-6H,4,7-10H2,(H,16,18,20). The number of barbiturate groups is 1. The number of urea groups is 1. The van der Waals surface area contributed by atoms with Gasteiger partial charge in [-0.15, -0.1) is 0 Å². The molecule has 1 saturated heterocycles. The van der Waals surface area contributed by atoms with E-state index in [0.717, 1.165) is 6.42 Å². The number of benzene rings is 1. The Kier molecular flexibility index (Phi) is 3.04. The van der Waals surface area contributed by atoms with Crippen molar-refractivity contribution in [3.05, 3.63) is 35.9 Å². The molecule has 104 valence electrons. The summed E-state index contributed by atoms with van der Waals surface area (Å²) < 4.78 is 0. The van der Waals surface area contributed by atoms with Crippen LogP contribution in [0.5, 0.6) is 0 Å². The van der Waals surface area contributed by atoms with E-state index in [0.29, 0.717) is 25.8 Å². The zero-order chi connectivity index (χ0) is 14.2. The monoisotopic (exact) mass is 272 g/mol. The lowest BCUT2D eigenvalue weighted by molar-refractivity contribution is -0.144. The lowest BCUT2D eigenvalue weighted by Gasteiger charge is -2.30. The van der Waals surface area contributed by atoms with Crippen LogP contribution in [0.1, 0.15) is 24.8 Å². The summed E-state index contributed by atoms with van der Waals surface area (Å²) in [7, 11) is 0. The molecule has 0 atom stereocenters. The molecule has 1 aliphatic heterocycles. The van der Waals surface area contributed by atoms with Crippen molar-refractivity contribution in [2.45, 2.75) is 25.7 Å². The number of aryl methyl sites for hydroxylation is 1. The van der Waals surface area contributed by atoms with Gasteiger partial charge in [0.2, 0.25) is 11.8 Å². The molecular formula is C15H16N2O3. The molecule has 20 heavy (non-hydrogen) atoms. The summed E-state index contributed by atoms with van der Waals surface area (Å²) in [5, 5.41) is 2.29. The van der Waals surface area contributed by atoms with Crippen LogP contribution in [0.15, 0.2) is 30.3 Å². The van der Waals surface area contributed by atoms with Gasteiger partial charge in [0.15, 0.2) is 0 Å². The fraction of sp³-hybridized carbons (Fsp3) is 0.400. The van der Waals surface area contributed by atoms with Gasteiger partial charge in [0.05, 0.1) is 0 Å². The number of nitrogens with zero attached hydrogens (tertiary/aromatic N) is 1. The van der Waals surface area contributed by atoms with Crippen molar-refractivity contribution in [1.29, 1.82) is 0 Å². The molecule has 1 saturated carbocycles. The van der Waals surface area contributed by atoms with Crippen LogP contribution in [0.2, 0.25) is 0 Å². The Bertz CT molecular complexity index is 564. The average Bonchev–Trinajstić information content (AvgIpc) is 3.24. The molecule has 0 aromatic heterocycles. The third kappa shape index (κ3) is 2.09. The van der Waals surface area contributed by atoms with E-state index in [1.165, 1.54) is 10.5 Å². The van der Waals surface area contributed by atoms with Gasteiger partial charge in [-0.05, 0) is 31.2 Å². The second-order valence-corrected chi connectivity index (χ2v) is 5.39. The molecule has 0 unspecified atom stereocenters. The molecule has 1 aromatic rings. The fourth-order valence-electron chi connectivity index (χ4n) is 2.59. The molecule has 0 radical (unpaired) electrons. The number of amides is 4. The summed E-state index contributed by atoms with van der Waals surface area (Å²) in [6.07, 6.45) is 2.62. The quantitative estimate of drug-likeness (QED) is 0.844. The summed E-state index contributed by atoms with van der Waals surface area (Å²) >= 11 is 0. The number of imide groups is 2. The largest absolute Gasteiger partial charge is 0.330 e. The van der Waals surface area contributed by atoms with E-state index in [-0.39, 0.29) is 5.91 Å². The summed E-state index contributed by atoms with van der Waals surface area (Å²) in [6, 6.07) is 9.34. The van der Waals surface area contributed by atoms with E-state index in [1.807, 2.05) is 30.3 Å². The first-order chi connectivity index (χ1) is 9.63.